The lowest BCUT2D eigenvalue weighted by Gasteiger charge is -2.13. The van der Waals surface area contributed by atoms with Gasteiger partial charge in [0.25, 0.3) is 0 Å². The van der Waals surface area contributed by atoms with Crippen LogP contribution in [-0.2, 0) is 0 Å². The van der Waals surface area contributed by atoms with Crippen LogP contribution >= 0.6 is 27.5 Å². The number of carboxylic acid groups (broad SMARTS) is 1. The summed E-state index contributed by atoms with van der Waals surface area (Å²) in [5.41, 5.74) is 7.78. The molecular weight excluding hydrogens is 358 g/mol. The fraction of sp³-hybridized carbons (Fsp3) is 0.133. The van der Waals surface area contributed by atoms with Crippen molar-refractivity contribution >= 4 is 39.2 Å². The van der Waals surface area contributed by atoms with Crippen molar-refractivity contribution in [2.75, 3.05) is 5.73 Å². The third-order valence-corrected chi connectivity index (χ3v) is 4.46. The van der Waals surface area contributed by atoms with Crippen molar-refractivity contribution in [1.29, 1.82) is 0 Å². The molecule has 0 aromatic heterocycles. The monoisotopic (exact) mass is 369 g/mol. The molecule has 4 nitrogen and oxygen atoms in total. The zero-order chi connectivity index (χ0) is 15.7. The summed E-state index contributed by atoms with van der Waals surface area (Å²) in [6.07, 6.45) is 0. The van der Waals surface area contributed by atoms with Crippen LogP contribution in [0.3, 0.4) is 0 Å². The van der Waals surface area contributed by atoms with E-state index in [9.17, 15) is 9.90 Å². The number of rotatable bonds is 3. The van der Waals surface area contributed by atoms with Crippen molar-refractivity contribution in [3.63, 3.8) is 0 Å². The van der Waals surface area contributed by atoms with Crippen LogP contribution in [0.4, 0.5) is 5.69 Å². The van der Waals surface area contributed by atoms with Crippen molar-refractivity contribution in [3.8, 4) is 11.5 Å². The molecule has 2 aromatic rings. The van der Waals surface area contributed by atoms with Crippen molar-refractivity contribution in [3.05, 3.63) is 50.5 Å². The van der Waals surface area contributed by atoms with Gasteiger partial charge >= 0.3 is 5.97 Å². The first kappa shape index (κ1) is 15.7. The van der Waals surface area contributed by atoms with Gasteiger partial charge in [-0.05, 0) is 49.2 Å². The van der Waals surface area contributed by atoms with Crippen LogP contribution in [0.25, 0.3) is 0 Å². The molecule has 6 heteroatoms. The highest BCUT2D eigenvalue weighted by molar-refractivity contribution is 9.10. The van der Waals surface area contributed by atoms with E-state index in [4.69, 9.17) is 22.1 Å². The number of aryl methyl sites for hydroxylation is 2. The SMILES string of the molecule is Cc1cc(Oc2c(Cl)cc(N)cc2C(=O)O)cc(C)c1Br. The molecule has 3 N–H and O–H groups in total. The van der Waals surface area contributed by atoms with E-state index in [0.29, 0.717) is 5.75 Å². The standard InChI is InChI=1S/C15H13BrClNO3/c1-7-3-10(4-8(2)13(7)16)21-14-11(15(19)20)5-9(18)6-12(14)17/h3-6H,18H2,1-2H3,(H,19,20). The molecule has 0 aliphatic carbocycles. The Morgan fingerprint density at radius 1 is 1.24 bits per heavy atom. The van der Waals surface area contributed by atoms with E-state index in [-0.39, 0.29) is 22.0 Å². The third-order valence-electron chi connectivity index (χ3n) is 2.93. The van der Waals surface area contributed by atoms with Crippen molar-refractivity contribution in [2.45, 2.75) is 13.8 Å². The maximum absolute atomic E-state index is 11.3. The van der Waals surface area contributed by atoms with Gasteiger partial charge in [-0.25, -0.2) is 4.79 Å². The molecule has 0 saturated carbocycles. The summed E-state index contributed by atoms with van der Waals surface area (Å²) in [5.74, 6) is -0.549. The maximum Gasteiger partial charge on any atom is 0.339 e. The molecule has 0 heterocycles. The summed E-state index contributed by atoms with van der Waals surface area (Å²) in [6.45, 7) is 3.85. The molecule has 2 rings (SSSR count). The van der Waals surface area contributed by atoms with Crippen LogP contribution in [0.1, 0.15) is 21.5 Å². The molecule has 0 amide bonds. The van der Waals surface area contributed by atoms with Crippen molar-refractivity contribution < 1.29 is 14.6 Å². The van der Waals surface area contributed by atoms with Crippen LogP contribution < -0.4 is 10.5 Å². The van der Waals surface area contributed by atoms with Crippen LogP contribution in [0.2, 0.25) is 5.02 Å². The van der Waals surface area contributed by atoms with E-state index in [1.54, 1.807) is 12.1 Å². The first-order valence-electron chi connectivity index (χ1n) is 6.06. The summed E-state index contributed by atoms with van der Waals surface area (Å²) in [6, 6.07) is 6.38. The van der Waals surface area contributed by atoms with Gasteiger partial charge in [-0.15, -0.1) is 0 Å². The number of benzene rings is 2. The molecule has 0 radical (unpaired) electrons. The van der Waals surface area contributed by atoms with E-state index < -0.39 is 5.97 Å². The van der Waals surface area contributed by atoms with Crippen LogP contribution in [0.5, 0.6) is 11.5 Å². The zero-order valence-corrected chi connectivity index (χ0v) is 13.7. The fourth-order valence-corrected chi connectivity index (χ4v) is 2.46. The highest BCUT2D eigenvalue weighted by atomic mass is 79.9. The molecular formula is C15H13BrClNO3. The van der Waals surface area contributed by atoms with Crippen molar-refractivity contribution in [1.82, 2.24) is 0 Å². The topological polar surface area (TPSA) is 72.5 Å². The Kier molecular flexibility index (Phi) is 4.44. The second kappa shape index (κ2) is 5.95. The minimum atomic E-state index is -1.15. The smallest absolute Gasteiger partial charge is 0.339 e. The quantitative estimate of drug-likeness (QED) is 0.762. The minimum absolute atomic E-state index is 0.0711. The predicted molar refractivity (Wildman–Crippen MR) is 86.5 cm³/mol. The average Bonchev–Trinajstić information content (AvgIpc) is 2.38. The van der Waals surface area contributed by atoms with Gasteiger partial charge in [0, 0.05) is 10.2 Å². The van der Waals surface area contributed by atoms with Crippen LogP contribution in [-0.4, -0.2) is 11.1 Å². The lowest BCUT2D eigenvalue weighted by atomic mass is 10.1. The maximum atomic E-state index is 11.3. The van der Waals surface area contributed by atoms with Gasteiger partial charge in [0.15, 0.2) is 5.75 Å². The first-order chi connectivity index (χ1) is 9.79. The number of anilines is 1. The van der Waals surface area contributed by atoms with E-state index in [1.165, 1.54) is 12.1 Å². The Balaban J connectivity index is 2.51. The van der Waals surface area contributed by atoms with Crippen LogP contribution in [0, 0.1) is 13.8 Å². The van der Waals surface area contributed by atoms with Gasteiger partial charge in [0.1, 0.15) is 11.3 Å². The lowest BCUT2D eigenvalue weighted by Crippen LogP contribution is -2.02. The summed E-state index contributed by atoms with van der Waals surface area (Å²) in [4.78, 5) is 11.3. The number of hydrogen-bond acceptors (Lipinski definition) is 3. The van der Waals surface area contributed by atoms with Gasteiger partial charge in [-0.1, -0.05) is 27.5 Å². The fourth-order valence-electron chi connectivity index (χ4n) is 1.96. The molecule has 0 saturated heterocycles. The summed E-state index contributed by atoms with van der Waals surface area (Å²) in [5, 5.41) is 9.40. The van der Waals surface area contributed by atoms with Gasteiger partial charge in [-0.2, -0.15) is 0 Å². The molecule has 110 valence electrons. The lowest BCUT2D eigenvalue weighted by molar-refractivity contribution is 0.0694. The van der Waals surface area contributed by atoms with Crippen LogP contribution in [0.15, 0.2) is 28.7 Å². The number of carbonyl (C=O) groups is 1. The molecule has 0 bridgehead atoms. The molecule has 0 unspecified atom stereocenters. The second-order valence-corrected chi connectivity index (χ2v) is 5.86. The van der Waals surface area contributed by atoms with Gasteiger partial charge in [-0.3, -0.25) is 0 Å². The molecule has 0 aliphatic heterocycles. The van der Waals surface area contributed by atoms with Gasteiger partial charge in [0.2, 0.25) is 0 Å². The van der Waals surface area contributed by atoms with Gasteiger partial charge < -0.3 is 15.6 Å². The number of nitrogens with two attached hydrogens (primary N) is 1. The number of halogens is 2. The van der Waals surface area contributed by atoms with E-state index in [1.807, 2.05) is 13.8 Å². The van der Waals surface area contributed by atoms with Gasteiger partial charge in [0.05, 0.1) is 5.02 Å². The summed E-state index contributed by atoms with van der Waals surface area (Å²) < 4.78 is 6.67. The first-order valence-corrected chi connectivity index (χ1v) is 7.23. The predicted octanol–water partition coefficient (Wildman–Crippen LogP) is 4.79. The van der Waals surface area contributed by atoms with Crippen molar-refractivity contribution in [2.24, 2.45) is 0 Å². The Morgan fingerprint density at radius 3 is 2.33 bits per heavy atom. The summed E-state index contributed by atoms with van der Waals surface area (Å²) >= 11 is 9.53. The largest absolute Gasteiger partial charge is 0.478 e. The highest BCUT2D eigenvalue weighted by Gasteiger charge is 2.17. The Bertz CT molecular complexity index is 708. The molecule has 0 atom stereocenters. The molecule has 0 spiro atoms. The zero-order valence-electron chi connectivity index (χ0n) is 11.4. The number of ether oxygens (including phenoxy) is 1. The normalized spacial score (nSPS) is 10.5. The molecule has 2 aromatic carbocycles. The minimum Gasteiger partial charge on any atom is -0.478 e. The van der Waals surface area contributed by atoms with E-state index >= 15 is 0 Å². The molecule has 21 heavy (non-hydrogen) atoms. The Hall–Kier alpha value is -1.72. The number of hydrogen-bond donors (Lipinski definition) is 2. The number of aromatic carboxylic acids is 1. The van der Waals surface area contributed by atoms with E-state index in [2.05, 4.69) is 15.9 Å². The average molecular weight is 371 g/mol. The second-order valence-electron chi connectivity index (χ2n) is 4.66. The molecule has 0 fully saturated rings. The Labute approximate surface area is 135 Å². The van der Waals surface area contributed by atoms with E-state index in [0.717, 1.165) is 15.6 Å². The Morgan fingerprint density at radius 2 is 1.81 bits per heavy atom. The third kappa shape index (κ3) is 3.31. The number of nitrogen functional groups attached to an aromatic ring is 1. The molecule has 0 aliphatic rings. The number of carboxylic acids is 1. The summed E-state index contributed by atoms with van der Waals surface area (Å²) in [7, 11) is 0. The highest BCUT2D eigenvalue weighted by Crippen LogP contribution is 2.36.